The second kappa shape index (κ2) is 6.10. The summed E-state index contributed by atoms with van der Waals surface area (Å²) < 4.78 is 43.6. The number of benzene rings is 1. The van der Waals surface area contributed by atoms with Crippen molar-refractivity contribution in [2.75, 3.05) is 13.2 Å². The average molecular weight is 331 g/mol. The molecule has 23 heavy (non-hydrogen) atoms. The van der Waals surface area contributed by atoms with Gasteiger partial charge < -0.3 is 14.7 Å². The maximum absolute atomic E-state index is 12.8. The van der Waals surface area contributed by atoms with E-state index in [1.165, 1.54) is 19.1 Å². The van der Waals surface area contributed by atoms with Crippen molar-refractivity contribution in [2.45, 2.75) is 31.5 Å². The number of likely N-dealkylation sites (tertiary alicyclic amines) is 1. The van der Waals surface area contributed by atoms with Gasteiger partial charge in [0.05, 0.1) is 5.56 Å². The highest BCUT2D eigenvalue weighted by molar-refractivity contribution is 5.88. The van der Waals surface area contributed by atoms with Crippen molar-refractivity contribution < 1.29 is 32.6 Å². The normalized spacial score (nSPS) is 21.3. The summed E-state index contributed by atoms with van der Waals surface area (Å²) in [6.45, 7) is 1.02. The lowest BCUT2D eigenvalue weighted by atomic mass is 9.99. The first-order valence-corrected chi connectivity index (χ1v) is 6.99. The molecule has 1 atom stereocenters. The van der Waals surface area contributed by atoms with Gasteiger partial charge in [0, 0.05) is 6.54 Å². The van der Waals surface area contributed by atoms with E-state index in [4.69, 9.17) is 4.74 Å². The number of carboxylic acid groups (broad SMARTS) is 1. The van der Waals surface area contributed by atoms with Crippen LogP contribution in [0.2, 0.25) is 0 Å². The molecular weight excluding hydrogens is 315 g/mol. The molecule has 8 heteroatoms. The van der Waals surface area contributed by atoms with Crippen LogP contribution in [0.4, 0.5) is 13.2 Å². The average Bonchev–Trinajstić information content (AvgIpc) is 2.87. The van der Waals surface area contributed by atoms with Crippen molar-refractivity contribution in [3.8, 4) is 5.75 Å². The van der Waals surface area contributed by atoms with E-state index >= 15 is 0 Å². The van der Waals surface area contributed by atoms with Gasteiger partial charge in [0.15, 0.2) is 6.61 Å². The van der Waals surface area contributed by atoms with Crippen LogP contribution in [-0.4, -0.2) is 40.6 Å². The van der Waals surface area contributed by atoms with Crippen molar-refractivity contribution >= 4 is 11.9 Å². The minimum absolute atomic E-state index is 0.242. The Kier molecular flexibility index (Phi) is 4.53. The van der Waals surface area contributed by atoms with Gasteiger partial charge in [0.1, 0.15) is 11.3 Å². The molecule has 1 amide bonds. The minimum atomic E-state index is -4.59. The van der Waals surface area contributed by atoms with E-state index in [1.54, 1.807) is 0 Å². The lowest BCUT2D eigenvalue weighted by Gasteiger charge is -2.31. The molecule has 1 heterocycles. The minimum Gasteiger partial charge on any atom is -0.483 e. The molecule has 0 aromatic heterocycles. The molecule has 0 spiro atoms. The largest absolute Gasteiger partial charge is 0.483 e. The van der Waals surface area contributed by atoms with Gasteiger partial charge >= 0.3 is 12.1 Å². The molecule has 1 aromatic carbocycles. The van der Waals surface area contributed by atoms with Crippen molar-refractivity contribution in [2.24, 2.45) is 0 Å². The van der Waals surface area contributed by atoms with Crippen molar-refractivity contribution in [3.63, 3.8) is 0 Å². The third-order valence-corrected chi connectivity index (χ3v) is 3.95. The Labute approximate surface area is 130 Å². The van der Waals surface area contributed by atoms with E-state index in [2.05, 4.69) is 0 Å². The molecule has 126 valence electrons. The summed E-state index contributed by atoms with van der Waals surface area (Å²) in [5, 5.41) is 9.24. The van der Waals surface area contributed by atoms with Crippen LogP contribution in [0.15, 0.2) is 24.3 Å². The molecule has 1 aliphatic heterocycles. The van der Waals surface area contributed by atoms with E-state index < -0.39 is 41.5 Å². The maximum Gasteiger partial charge on any atom is 0.419 e. The summed E-state index contributed by atoms with van der Waals surface area (Å²) in [6.07, 6.45) is -3.77. The molecule has 1 fully saturated rings. The number of aliphatic carboxylic acids is 1. The number of alkyl halides is 3. The van der Waals surface area contributed by atoms with Gasteiger partial charge in [-0.05, 0) is 31.9 Å². The van der Waals surface area contributed by atoms with E-state index in [1.807, 2.05) is 0 Å². The second-order valence-corrected chi connectivity index (χ2v) is 5.51. The Balaban J connectivity index is 2.10. The number of carboxylic acids is 1. The third-order valence-electron chi connectivity index (χ3n) is 3.95. The molecule has 1 saturated heterocycles. The Morgan fingerprint density at radius 3 is 2.61 bits per heavy atom. The molecule has 1 aliphatic rings. The summed E-state index contributed by atoms with van der Waals surface area (Å²) in [5.74, 6) is -2.24. The zero-order valence-corrected chi connectivity index (χ0v) is 12.4. The molecule has 0 saturated carbocycles. The summed E-state index contributed by atoms with van der Waals surface area (Å²) >= 11 is 0. The number of nitrogens with zero attached hydrogens (tertiary/aromatic N) is 1. The van der Waals surface area contributed by atoms with Gasteiger partial charge in [-0.3, -0.25) is 4.79 Å². The lowest BCUT2D eigenvalue weighted by Crippen LogP contribution is -2.52. The zero-order chi connectivity index (χ0) is 17.3. The van der Waals surface area contributed by atoms with Crippen LogP contribution >= 0.6 is 0 Å². The van der Waals surface area contributed by atoms with Crippen LogP contribution in [0.3, 0.4) is 0 Å². The Hall–Kier alpha value is -2.25. The highest BCUT2D eigenvalue weighted by Crippen LogP contribution is 2.36. The predicted octanol–water partition coefficient (Wildman–Crippen LogP) is 2.55. The Bertz CT molecular complexity index is 617. The first-order chi connectivity index (χ1) is 10.7. The van der Waals surface area contributed by atoms with Crippen LogP contribution in [0.25, 0.3) is 0 Å². The van der Waals surface area contributed by atoms with E-state index in [0.717, 1.165) is 17.0 Å². The summed E-state index contributed by atoms with van der Waals surface area (Å²) in [4.78, 5) is 24.6. The van der Waals surface area contributed by atoms with Crippen LogP contribution in [0.5, 0.6) is 5.75 Å². The summed E-state index contributed by atoms with van der Waals surface area (Å²) in [7, 11) is 0. The molecule has 0 bridgehead atoms. The lowest BCUT2D eigenvalue weighted by molar-refractivity contribution is -0.156. The number of para-hydroxylation sites is 1. The van der Waals surface area contributed by atoms with Crippen molar-refractivity contribution in [1.29, 1.82) is 0 Å². The van der Waals surface area contributed by atoms with Gasteiger partial charge in [0.2, 0.25) is 0 Å². The fraction of sp³-hybridized carbons (Fsp3) is 0.467. The molecule has 5 nitrogen and oxygen atoms in total. The number of carbonyl (C=O) groups excluding carboxylic acids is 1. The maximum atomic E-state index is 12.8. The van der Waals surface area contributed by atoms with Gasteiger partial charge in [-0.2, -0.15) is 13.2 Å². The number of rotatable bonds is 4. The fourth-order valence-corrected chi connectivity index (χ4v) is 2.63. The molecule has 1 N–H and O–H groups in total. The number of hydrogen-bond donors (Lipinski definition) is 1. The number of halogens is 3. The first kappa shape index (κ1) is 17.1. The number of amides is 1. The summed E-state index contributed by atoms with van der Waals surface area (Å²) in [5.41, 5.74) is -2.32. The SMILES string of the molecule is CC1(C(=O)O)CCCN1C(=O)COc1ccccc1C(F)(F)F. The van der Waals surface area contributed by atoms with Crippen LogP contribution in [-0.2, 0) is 15.8 Å². The van der Waals surface area contributed by atoms with Gasteiger partial charge in [-0.25, -0.2) is 4.79 Å². The van der Waals surface area contributed by atoms with Crippen LogP contribution in [0, 0.1) is 0 Å². The predicted molar refractivity (Wildman–Crippen MR) is 73.9 cm³/mol. The highest BCUT2D eigenvalue weighted by atomic mass is 19.4. The van der Waals surface area contributed by atoms with Crippen LogP contribution in [0.1, 0.15) is 25.3 Å². The van der Waals surface area contributed by atoms with E-state index in [-0.39, 0.29) is 6.54 Å². The monoisotopic (exact) mass is 331 g/mol. The molecular formula is C15H16F3NO4. The smallest absolute Gasteiger partial charge is 0.419 e. The molecule has 1 unspecified atom stereocenters. The number of carbonyl (C=O) groups is 2. The van der Waals surface area contributed by atoms with E-state index in [9.17, 15) is 27.9 Å². The van der Waals surface area contributed by atoms with Crippen molar-refractivity contribution in [1.82, 2.24) is 4.90 Å². The first-order valence-electron chi connectivity index (χ1n) is 6.99. The van der Waals surface area contributed by atoms with Gasteiger partial charge in [0.25, 0.3) is 5.91 Å². The molecule has 1 aromatic rings. The van der Waals surface area contributed by atoms with Crippen molar-refractivity contribution in [3.05, 3.63) is 29.8 Å². The van der Waals surface area contributed by atoms with E-state index in [0.29, 0.717) is 12.8 Å². The fourth-order valence-electron chi connectivity index (χ4n) is 2.63. The highest BCUT2D eigenvalue weighted by Gasteiger charge is 2.46. The standard InChI is InChI=1S/C15H16F3NO4/c1-14(13(21)22)7-4-8-19(14)12(20)9-23-11-6-3-2-5-10(11)15(16,17)18/h2-3,5-6H,4,7-9H2,1H3,(H,21,22). The second-order valence-electron chi connectivity index (χ2n) is 5.51. The quantitative estimate of drug-likeness (QED) is 0.921. The topological polar surface area (TPSA) is 66.8 Å². The zero-order valence-electron chi connectivity index (χ0n) is 12.4. The molecule has 0 aliphatic carbocycles. The molecule has 0 radical (unpaired) electrons. The number of hydrogen-bond acceptors (Lipinski definition) is 3. The molecule has 2 rings (SSSR count). The number of ether oxygens (including phenoxy) is 1. The Morgan fingerprint density at radius 2 is 2.00 bits per heavy atom. The van der Waals surface area contributed by atoms with Gasteiger partial charge in [-0.1, -0.05) is 12.1 Å². The Morgan fingerprint density at radius 1 is 1.35 bits per heavy atom. The van der Waals surface area contributed by atoms with Gasteiger partial charge in [-0.15, -0.1) is 0 Å². The third kappa shape index (κ3) is 3.40. The summed E-state index contributed by atoms with van der Waals surface area (Å²) in [6, 6.07) is 4.57. The van der Waals surface area contributed by atoms with Crippen LogP contribution < -0.4 is 4.74 Å².